The molecule has 0 aromatic rings. The van der Waals surface area contributed by atoms with Gasteiger partial charge in [-0.2, -0.15) is 0 Å². The van der Waals surface area contributed by atoms with E-state index in [0.717, 1.165) is 0 Å². The van der Waals surface area contributed by atoms with Crippen LogP contribution in [0.3, 0.4) is 0 Å². The maximum Gasteiger partial charge on any atom is 0.193 e. The molecular weight excluding hydrogens is 206 g/mol. The Morgan fingerprint density at radius 3 is 2.56 bits per heavy atom. The Labute approximate surface area is 97.9 Å². The largest absolute Gasteiger partial charge is 0.396 e. The van der Waals surface area contributed by atoms with Crippen molar-refractivity contribution in [3.05, 3.63) is 0 Å². The van der Waals surface area contributed by atoms with Crippen LogP contribution >= 0.6 is 0 Å². The maximum absolute atomic E-state index is 8.76. The van der Waals surface area contributed by atoms with Gasteiger partial charge >= 0.3 is 0 Å². The van der Waals surface area contributed by atoms with Crippen molar-refractivity contribution in [1.29, 1.82) is 0 Å². The Hall–Kier alpha value is -0.850. The van der Waals surface area contributed by atoms with Gasteiger partial charge in [0.25, 0.3) is 0 Å². The molecule has 0 amide bonds. The number of hydrogen-bond acceptors (Lipinski definition) is 4. The number of rotatable bonds is 6. The number of hydrogen-bond donors (Lipinski definition) is 4. The molecule has 1 unspecified atom stereocenters. The summed E-state index contributed by atoms with van der Waals surface area (Å²) in [6.45, 7) is 2.72. The van der Waals surface area contributed by atoms with E-state index >= 15 is 0 Å². The van der Waals surface area contributed by atoms with Gasteiger partial charge in [-0.05, 0) is 33.9 Å². The molecule has 0 saturated carbocycles. The highest BCUT2D eigenvalue weighted by molar-refractivity contribution is 5.80. The molecule has 0 aliphatic rings. The number of aliphatic hydroxyl groups is 1. The Kier molecular flexibility index (Phi) is 7.03. The number of aliphatic imine (C=N–C) groups is 1. The van der Waals surface area contributed by atoms with E-state index in [-0.39, 0.29) is 6.61 Å². The second kappa shape index (κ2) is 7.43. The lowest BCUT2D eigenvalue weighted by Gasteiger charge is -2.28. The van der Waals surface area contributed by atoms with Crippen LogP contribution in [0, 0.1) is 0 Å². The summed E-state index contributed by atoms with van der Waals surface area (Å²) in [5, 5.41) is 15.0. The fourth-order valence-electron chi connectivity index (χ4n) is 1.19. The number of nitrogens with one attached hydrogen (secondary N) is 2. The Balaban J connectivity index is 4.10. The zero-order valence-corrected chi connectivity index (χ0v) is 10.7. The molecule has 0 rings (SSSR count). The summed E-state index contributed by atoms with van der Waals surface area (Å²) in [6.07, 6.45) is 1.36. The first-order valence-corrected chi connectivity index (χ1v) is 5.44. The summed E-state index contributed by atoms with van der Waals surface area (Å²) in [6, 6.07) is 0. The number of nitrogens with two attached hydrogens (primary N) is 1. The standard InChI is InChI=1S/C10H25N5O/c1-10(11,6-5-7-16)14-9(12-2)13-8-15(3)4/h16H,5-8,11H2,1-4H3,(H2,12,13,14). The van der Waals surface area contributed by atoms with Crippen LogP contribution in [0.15, 0.2) is 4.99 Å². The summed E-state index contributed by atoms with van der Waals surface area (Å²) in [4.78, 5) is 6.07. The minimum absolute atomic E-state index is 0.151. The van der Waals surface area contributed by atoms with Crippen LogP contribution in [0.4, 0.5) is 0 Å². The minimum Gasteiger partial charge on any atom is -0.396 e. The third kappa shape index (κ3) is 7.44. The Morgan fingerprint density at radius 2 is 2.12 bits per heavy atom. The van der Waals surface area contributed by atoms with E-state index in [1.165, 1.54) is 0 Å². The fourth-order valence-corrected chi connectivity index (χ4v) is 1.19. The molecule has 6 heteroatoms. The highest BCUT2D eigenvalue weighted by Crippen LogP contribution is 2.03. The lowest BCUT2D eigenvalue weighted by atomic mass is 10.1. The maximum atomic E-state index is 8.76. The van der Waals surface area contributed by atoms with Crippen LogP contribution in [0.1, 0.15) is 19.8 Å². The normalized spacial score (nSPS) is 16.1. The van der Waals surface area contributed by atoms with E-state index in [1.807, 2.05) is 25.9 Å². The molecule has 0 radical (unpaired) electrons. The molecule has 96 valence electrons. The lowest BCUT2D eigenvalue weighted by Crippen LogP contribution is -2.57. The van der Waals surface area contributed by atoms with Crippen molar-refractivity contribution in [2.24, 2.45) is 10.7 Å². The van der Waals surface area contributed by atoms with E-state index in [9.17, 15) is 0 Å². The number of guanidine groups is 1. The van der Waals surface area contributed by atoms with Gasteiger partial charge in [0.1, 0.15) is 0 Å². The van der Waals surface area contributed by atoms with Crippen LogP contribution in [0.25, 0.3) is 0 Å². The average Bonchev–Trinajstić information content (AvgIpc) is 2.21. The van der Waals surface area contributed by atoms with Gasteiger partial charge in [0, 0.05) is 13.7 Å². The quantitative estimate of drug-likeness (QED) is 0.271. The molecule has 0 aromatic carbocycles. The molecule has 16 heavy (non-hydrogen) atoms. The van der Waals surface area contributed by atoms with Crippen LogP contribution < -0.4 is 16.4 Å². The second-order valence-electron chi connectivity index (χ2n) is 4.36. The van der Waals surface area contributed by atoms with Gasteiger partial charge in [-0.25, -0.2) is 0 Å². The van der Waals surface area contributed by atoms with Crippen molar-refractivity contribution >= 4 is 5.96 Å². The minimum atomic E-state index is -0.559. The summed E-state index contributed by atoms with van der Waals surface area (Å²) in [7, 11) is 5.63. The molecule has 0 fully saturated rings. The Morgan fingerprint density at radius 1 is 1.50 bits per heavy atom. The van der Waals surface area contributed by atoms with E-state index in [0.29, 0.717) is 25.5 Å². The lowest BCUT2D eigenvalue weighted by molar-refractivity contribution is 0.259. The van der Waals surface area contributed by atoms with Gasteiger partial charge in [-0.3, -0.25) is 9.89 Å². The second-order valence-corrected chi connectivity index (χ2v) is 4.36. The third-order valence-corrected chi connectivity index (χ3v) is 2.04. The molecule has 0 heterocycles. The molecule has 5 N–H and O–H groups in total. The predicted octanol–water partition coefficient (Wildman–Crippen LogP) is -0.882. The van der Waals surface area contributed by atoms with E-state index in [1.54, 1.807) is 7.05 Å². The molecule has 1 atom stereocenters. The van der Waals surface area contributed by atoms with Crippen molar-refractivity contribution in [3.8, 4) is 0 Å². The predicted molar refractivity (Wildman–Crippen MR) is 67.1 cm³/mol. The smallest absolute Gasteiger partial charge is 0.193 e. The summed E-state index contributed by atoms with van der Waals surface area (Å²) < 4.78 is 0. The van der Waals surface area contributed by atoms with Crippen molar-refractivity contribution in [2.75, 3.05) is 34.4 Å². The first-order chi connectivity index (χ1) is 7.41. The van der Waals surface area contributed by atoms with Gasteiger partial charge in [0.05, 0.1) is 12.3 Å². The van der Waals surface area contributed by atoms with Gasteiger partial charge in [-0.1, -0.05) is 0 Å². The SMILES string of the molecule is CN=C(NCN(C)C)NC(C)(N)CCCO. The highest BCUT2D eigenvalue weighted by atomic mass is 16.2. The van der Waals surface area contributed by atoms with Crippen molar-refractivity contribution in [2.45, 2.75) is 25.4 Å². The molecular formula is C10H25N5O. The fraction of sp³-hybridized carbons (Fsp3) is 0.900. The first kappa shape index (κ1) is 15.2. The van der Waals surface area contributed by atoms with Crippen LogP contribution in [-0.4, -0.2) is 56.0 Å². The zero-order valence-electron chi connectivity index (χ0n) is 10.7. The summed E-state index contributed by atoms with van der Waals surface area (Å²) in [5.41, 5.74) is 5.47. The molecule has 0 bridgehead atoms. The van der Waals surface area contributed by atoms with E-state index in [2.05, 4.69) is 15.6 Å². The van der Waals surface area contributed by atoms with Gasteiger partial charge in [-0.15, -0.1) is 0 Å². The summed E-state index contributed by atoms with van der Waals surface area (Å²) in [5.74, 6) is 0.664. The molecule has 0 saturated heterocycles. The van der Waals surface area contributed by atoms with E-state index < -0.39 is 5.66 Å². The number of aliphatic hydroxyl groups excluding tert-OH is 1. The summed E-state index contributed by atoms with van der Waals surface area (Å²) >= 11 is 0. The average molecular weight is 231 g/mol. The zero-order chi connectivity index (χ0) is 12.6. The molecule has 0 aliphatic carbocycles. The molecule has 0 aliphatic heterocycles. The highest BCUT2D eigenvalue weighted by Gasteiger charge is 2.18. The number of nitrogens with zero attached hydrogens (tertiary/aromatic N) is 2. The van der Waals surface area contributed by atoms with Gasteiger partial charge in [0.2, 0.25) is 0 Å². The Bertz CT molecular complexity index is 215. The van der Waals surface area contributed by atoms with Crippen LogP contribution in [0.2, 0.25) is 0 Å². The first-order valence-electron chi connectivity index (χ1n) is 5.44. The van der Waals surface area contributed by atoms with Gasteiger partial charge in [0.15, 0.2) is 5.96 Å². The van der Waals surface area contributed by atoms with Crippen LogP contribution in [-0.2, 0) is 0 Å². The van der Waals surface area contributed by atoms with Crippen molar-refractivity contribution < 1.29 is 5.11 Å². The van der Waals surface area contributed by atoms with Crippen molar-refractivity contribution in [3.63, 3.8) is 0 Å². The molecule has 0 spiro atoms. The van der Waals surface area contributed by atoms with E-state index in [4.69, 9.17) is 10.8 Å². The monoisotopic (exact) mass is 231 g/mol. The molecule has 6 nitrogen and oxygen atoms in total. The van der Waals surface area contributed by atoms with Gasteiger partial charge < -0.3 is 21.5 Å². The van der Waals surface area contributed by atoms with Crippen LogP contribution in [0.5, 0.6) is 0 Å². The molecule has 0 aromatic heterocycles. The third-order valence-electron chi connectivity index (χ3n) is 2.04. The topological polar surface area (TPSA) is 85.9 Å². The van der Waals surface area contributed by atoms with Crippen molar-refractivity contribution in [1.82, 2.24) is 15.5 Å².